The molecule has 0 unspecified atom stereocenters. The fourth-order valence-corrected chi connectivity index (χ4v) is 2.79. The van der Waals surface area contributed by atoms with Crippen LogP contribution in [0.1, 0.15) is 40.5 Å². The lowest BCUT2D eigenvalue weighted by molar-refractivity contribution is 0.0563. The van der Waals surface area contributed by atoms with Crippen molar-refractivity contribution in [1.82, 2.24) is 0 Å². The van der Waals surface area contributed by atoms with Gasteiger partial charge in [0.25, 0.3) is 0 Å². The number of nitrogens with zero attached hydrogens (tertiary/aromatic N) is 1. The standard InChI is InChI=1S/C16H26N2O2/c1-5-16(6-2)11-18(10-15(3,4)17)13-9-12(19)7-8-14(13)20-16/h7-9,19H,5-6,10-11,17H2,1-4H3. The number of ether oxygens (including phenoxy) is 1. The summed E-state index contributed by atoms with van der Waals surface area (Å²) in [4.78, 5) is 2.24. The first-order chi connectivity index (χ1) is 9.28. The van der Waals surface area contributed by atoms with Crippen molar-refractivity contribution in [3.05, 3.63) is 18.2 Å². The van der Waals surface area contributed by atoms with Gasteiger partial charge >= 0.3 is 0 Å². The SMILES string of the molecule is CCC1(CC)CN(CC(C)(C)N)c2cc(O)ccc2O1. The molecule has 2 rings (SSSR count). The van der Waals surface area contributed by atoms with E-state index in [4.69, 9.17) is 10.5 Å². The van der Waals surface area contributed by atoms with E-state index in [1.807, 2.05) is 19.9 Å². The Labute approximate surface area is 121 Å². The van der Waals surface area contributed by atoms with Crippen molar-refractivity contribution in [2.45, 2.75) is 51.7 Å². The van der Waals surface area contributed by atoms with Crippen LogP contribution in [0, 0.1) is 0 Å². The van der Waals surface area contributed by atoms with Crippen LogP contribution in [0.2, 0.25) is 0 Å². The van der Waals surface area contributed by atoms with E-state index in [0.717, 1.165) is 37.4 Å². The highest BCUT2D eigenvalue weighted by Crippen LogP contribution is 2.41. The summed E-state index contributed by atoms with van der Waals surface area (Å²) in [5, 5.41) is 9.74. The molecule has 0 saturated carbocycles. The second kappa shape index (κ2) is 5.17. The number of fused-ring (bicyclic) bond motifs is 1. The molecule has 1 aliphatic rings. The Kier molecular flexibility index (Phi) is 3.87. The molecule has 4 heteroatoms. The molecule has 0 atom stereocenters. The van der Waals surface area contributed by atoms with Gasteiger partial charge in [-0.2, -0.15) is 0 Å². The molecule has 1 heterocycles. The molecule has 0 spiro atoms. The first kappa shape index (κ1) is 15.0. The fraction of sp³-hybridized carbons (Fsp3) is 0.625. The Morgan fingerprint density at radius 1 is 1.35 bits per heavy atom. The first-order valence-corrected chi connectivity index (χ1v) is 7.34. The van der Waals surface area contributed by atoms with Crippen LogP contribution >= 0.6 is 0 Å². The molecule has 0 aliphatic carbocycles. The third kappa shape index (κ3) is 3.01. The number of phenols is 1. The van der Waals surface area contributed by atoms with Gasteiger partial charge < -0.3 is 20.5 Å². The largest absolute Gasteiger partial charge is 0.508 e. The van der Waals surface area contributed by atoms with Crippen LogP contribution in [0.15, 0.2) is 18.2 Å². The van der Waals surface area contributed by atoms with Gasteiger partial charge in [-0.25, -0.2) is 0 Å². The molecule has 0 aromatic heterocycles. The molecule has 1 aromatic carbocycles. The molecule has 0 bridgehead atoms. The third-order valence-electron chi connectivity index (χ3n) is 3.98. The number of nitrogens with two attached hydrogens (primary N) is 1. The van der Waals surface area contributed by atoms with Crippen molar-refractivity contribution in [3.8, 4) is 11.5 Å². The summed E-state index contributed by atoms with van der Waals surface area (Å²) < 4.78 is 6.22. The minimum absolute atomic E-state index is 0.171. The van der Waals surface area contributed by atoms with E-state index >= 15 is 0 Å². The highest BCUT2D eigenvalue weighted by atomic mass is 16.5. The van der Waals surface area contributed by atoms with Gasteiger partial charge in [-0.3, -0.25) is 0 Å². The van der Waals surface area contributed by atoms with Crippen molar-refractivity contribution in [3.63, 3.8) is 0 Å². The Bertz CT molecular complexity index is 476. The molecule has 4 nitrogen and oxygen atoms in total. The topological polar surface area (TPSA) is 58.7 Å². The molecule has 1 aliphatic heterocycles. The quantitative estimate of drug-likeness (QED) is 0.889. The molecule has 0 radical (unpaired) electrons. The molecule has 20 heavy (non-hydrogen) atoms. The number of aromatic hydroxyl groups is 1. The maximum atomic E-state index is 9.74. The number of rotatable bonds is 4. The third-order valence-corrected chi connectivity index (χ3v) is 3.98. The van der Waals surface area contributed by atoms with E-state index in [0.29, 0.717) is 0 Å². The highest BCUT2D eigenvalue weighted by molar-refractivity contribution is 5.63. The van der Waals surface area contributed by atoms with Crippen LogP contribution in [0.3, 0.4) is 0 Å². The summed E-state index contributed by atoms with van der Waals surface area (Å²) in [5.74, 6) is 1.09. The lowest BCUT2D eigenvalue weighted by Gasteiger charge is -2.45. The van der Waals surface area contributed by atoms with E-state index in [2.05, 4.69) is 18.7 Å². The average Bonchev–Trinajstić information content (AvgIpc) is 2.37. The molecule has 1 aromatic rings. The van der Waals surface area contributed by atoms with Crippen LogP contribution in [0.4, 0.5) is 5.69 Å². The van der Waals surface area contributed by atoms with Crippen molar-refractivity contribution in [2.75, 3.05) is 18.0 Å². The number of hydrogen-bond donors (Lipinski definition) is 2. The van der Waals surface area contributed by atoms with Crippen LogP contribution in [-0.2, 0) is 0 Å². The van der Waals surface area contributed by atoms with Crippen LogP contribution in [-0.4, -0.2) is 29.3 Å². The zero-order valence-corrected chi connectivity index (χ0v) is 12.9. The summed E-state index contributed by atoms with van der Waals surface area (Å²) >= 11 is 0. The maximum Gasteiger partial charge on any atom is 0.143 e. The normalized spacial score (nSPS) is 17.6. The lowest BCUT2D eigenvalue weighted by atomic mass is 9.92. The molecule has 0 amide bonds. The van der Waals surface area contributed by atoms with Gasteiger partial charge in [0.2, 0.25) is 0 Å². The van der Waals surface area contributed by atoms with Crippen molar-refractivity contribution in [1.29, 1.82) is 0 Å². The zero-order valence-electron chi connectivity index (χ0n) is 12.9. The van der Waals surface area contributed by atoms with Crippen molar-refractivity contribution < 1.29 is 9.84 Å². The van der Waals surface area contributed by atoms with Crippen LogP contribution in [0.25, 0.3) is 0 Å². The highest BCUT2D eigenvalue weighted by Gasteiger charge is 2.38. The molecule has 0 saturated heterocycles. The second-order valence-corrected chi connectivity index (χ2v) is 6.49. The second-order valence-electron chi connectivity index (χ2n) is 6.49. The minimum Gasteiger partial charge on any atom is -0.508 e. The molecule has 112 valence electrons. The van der Waals surface area contributed by atoms with Gasteiger partial charge in [-0.1, -0.05) is 13.8 Å². The molecule has 0 fully saturated rings. The summed E-state index contributed by atoms with van der Waals surface area (Å²) in [5.41, 5.74) is 6.65. The summed E-state index contributed by atoms with van der Waals surface area (Å²) in [6.45, 7) is 9.88. The Hall–Kier alpha value is -1.42. The Morgan fingerprint density at radius 3 is 2.55 bits per heavy atom. The van der Waals surface area contributed by atoms with Crippen LogP contribution in [0.5, 0.6) is 11.5 Å². The molecule has 3 N–H and O–H groups in total. The van der Waals surface area contributed by atoms with Crippen molar-refractivity contribution in [2.24, 2.45) is 5.73 Å². The monoisotopic (exact) mass is 278 g/mol. The zero-order chi connectivity index (χ0) is 15.0. The van der Waals surface area contributed by atoms with Gasteiger partial charge in [0.15, 0.2) is 0 Å². The van der Waals surface area contributed by atoms with Gasteiger partial charge in [-0.15, -0.1) is 0 Å². The fourth-order valence-electron chi connectivity index (χ4n) is 2.79. The predicted octanol–water partition coefficient (Wildman–Crippen LogP) is 2.89. The van der Waals surface area contributed by atoms with E-state index in [-0.39, 0.29) is 16.9 Å². The predicted molar refractivity (Wildman–Crippen MR) is 82.5 cm³/mol. The Morgan fingerprint density at radius 2 is 2.00 bits per heavy atom. The maximum absolute atomic E-state index is 9.74. The van der Waals surface area contributed by atoms with E-state index < -0.39 is 0 Å². The average molecular weight is 278 g/mol. The van der Waals surface area contributed by atoms with Gasteiger partial charge in [0.1, 0.15) is 17.1 Å². The number of benzene rings is 1. The minimum atomic E-state index is -0.298. The first-order valence-electron chi connectivity index (χ1n) is 7.34. The smallest absolute Gasteiger partial charge is 0.143 e. The van der Waals surface area contributed by atoms with Crippen LogP contribution < -0.4 is 15.4 Å². The van der Waals surface area contributed by atoms with Crippen molar-refractivity contribution >= 4 is 5.69 Å². The summed E-state index contributed by atoms with van der Waals surface area (Å²) in [6, 6.07) is 5.28. The molecular weight excluding hydrogens is 252 g/mol. The van der Waals surface area contributed by atoms with Gasteiger partial charge in [-0.05, 0) is 38.8 Å². The van der Waals surface area contributed by atoms with E-state index in [1.54, 1.807) is 12.1 Å². The number of anilines is 1. The van der Waals surface area contributed by atoms with Gasteiger partial charge in [0, 0.05) is 18.2 Å². The van der Waals surface area contributed by atoms with E-state index in [1.165, 1.54) is 0 Å². The summed E-state index contributed by atoms with van der Waals surface area (Å²) in [7, 11) is 0. The number of phenolic OH excluding ortho intramolecular Hbond substituents is 1. The summed E-state index contributed by atoms with van der Waals surface area (Å²) in [6.07, 6.45) is 1.90. The Balaban J connectivity index is 2.42. The van der Waals surface area contributed by atoms with E-state index in [9.17, 15) is 5.11 Å². The lowest BCUT2D eigenvalue weighted by Crippen LogP contribution is -2.55. The van der Waals surface area contributed by atoms with Gasteiger partial charge in [0.05, 0.1) is 12.2 Å². The number of hydrogen-bond acceptors (Lipinski definition) is 4. The molecular formula is C16H26N2O2.